The van der Waals surface area contributed by atoms with Crippen LogP contribution in [0.4, 0.5) is 0 Å². The zero-order valence-corrected chi connectivity index (χ0v) is 8.39. The zero-order chi connectivity index (χ0) is 11.7. The van der Waals surface area contributed by atoms with Crippen LogP contribution in [0.25, 0.3) is 0 Å². The Kier molecular flexibility index (Phi) is 6.38. The minimum Gasteiger partial charge on any atom is -0.508 e. The highest BCUT2D eigenvalue weighted by atomic mass is 16.4. The largest absolute Gasteiger partial charge is 0.508 e. The first-order chi connectivity index (χ1) is 7.11. The molecule has 1 rings (SSSR count). The van der Waals surface area contributed by atoms with Gasteiger partial charge < -0.3 is 10.2 Å². The molecular weight excluding hydrogens is 192 g/mol. The van der Waals surface area contributed by atoms with E-state index in [0.717, 1.165) is 18.1 Å². The van der Waals surface area contributed by atoms with Crippen LogP contribution in [0.1, 0.15) is 5.56 Å². The fourth-order valence-electron chi connectivity index (χ4n) is 0.839. The van der Waals surface area contributed by atoms with Crippen molar-refractivity contribution in [1.29, 1.82) is 0 Å². The topological polar surface area (TPSA) is 57.5 Å². The van der Waals surface area contributed by atoms with Gasteiger partial charge in [-0.3, -0.25) is 0 Å². The van der Waals surface area contributed by atoms with Crippen molar-refractivity contribution in [3.63, 3.8) is 0 Å². The van der Waals surface area contributed by atoms with Gasteiger partial charge in [0.2, 0.25) is 0 Å². The molecule has 0 saturated carbocycles. The predicted octanol–water partition coefficient (Wildman–Crippen LogP) is 2.38. The van der Waals surface area contributed by atoms with Crippen LogP contribution >= 0.6 is 0 Å². The first-order valence-electron chi connectivity index (χ1n) is 4.35. The molecule has 0 aromatic heterocycles. The van der Waals surface area contributed by atoms with Crippen molar-refractivity contribution in [1.82, 2.24) is 0 Å². The normalized spacial score (nSPS) is 8.27. The van der Waals surface area contributed by atoms with Gasteiger partial charge in [-0.25, -0.2) is 4.79 Å². The fourth-order valence-corrected chi connectivity index (χ4v) is 0.839. The maximum absolute atomic E-state index is 9.25. The van der Waals surface area contributed by atoms with Gasteiger partial charge >= 0.3 is 5.97 Å². The van der Waals surface area contributed by atoms with Crippen LogP contribution in [0, 0.1) is 0 Å². The third-order valence-corrected chi connectivity index (χ3v) is 1.53. The number of aromatic hydroxyl groups is 1. The molecule has 0 aliphatic heterocycles. The molecule has 3 nitrogen and oxygen atoms in total. The molecule has 0 atom stereocenters. The van der Waals surface area contributed by atoms with Crippen molar-refractivity contribution in [2.45, 2.75) is 6.42 Å². The van der Waals surface area contributed by atoms with Crippen molar-refractivity contribution in [3.8, 4) is 5.75 Å². The quantitative estimate of drug-likeness (QED) is 0.589. The van der Waals surface area contributed by atoms with Crippen molar-refractivity contribution >= 4 is 5.97 Å². The molecule has 1 aromatic carbocycles. The smallest absolute Gasteiger partial charge is 0.327 e. The summed E-state index contributed by atoms with van der Waals surface area (Å²) in [5, 5.41) is 16.8. The number of phenolic OH excluding ortho intramolecular Hbond substituents is 1. The minimum atomic E-state index is -0.981. The molecule has 1 aromatic rings. The summed E-state index contributed by atoms with van der Waals surface area (Å²) in [7, 11) is 0. The average molecular weight is 206 g/mol. The highest BCUT2D eigenvalue weighted by Gasteiger charge is 1.93. The summed E-state index contributed by atoms with van der Waals surface area (Å²) in [5.74, 6) is -0.632. The van der Waals surface area contributed by atoms with Crippen LogP contribution in [-0.2, 0) is 11.2 Å². The van der Waals surface area contributed by atoms with E-state index in [1.165, 1.54) is 0 Å². The number of phenols is 1. The number of benzene rings is 1. The Morgan fingerprint density at radius 2 is 1.87 bits per heavy atom. The molecule has 80 valence electrons. The maximum atomic E-state index is 9.25. The number of allylic oxidation sites excluding steroid dienone is 1. The second-order valence-electron chi connectivity index (χ2n) is 2.66. The Morgan fingerprint density at radius 3 is 2.27 bits per heavy atom. The van der Waals surface area contributed by atoms with Gasteiger partial charge in [-0.15, -0.1) is 6.58 Å². The van der Waals surface area contributed by atoms with Crippen LogP contribution < -0.4 is 0 Å². The standard InChI is InChI=1S/C9H10O.C3H4O2/c1-2-5-8-6-3-4-7-9(8)10;1-2-3(4)5/h2-4,6-7,10H,1,5H2;2H,1H2,(H,4,5). The number of rotatable bonds is 3. The van der Waals surface area contributed by atoms with E-state index in [1.807, 2.05) is 18.2 Å². The molecule has 0 amide bonds. The van der Waals surface area contributed by atoms with Crippen molar-refractivity contribution < 1.29 is 15.0 Å². The molecule has 3 heteroatoms. The highest BCUT2D eigenvalue weighted by molar-refractivity contribution is 5.78. The lowest BCUT2D eigenvalue weighted by molar-refractivity contribution is -0.131. The molecule has 0 spiro atoms. The molecule has 0 unspecified atom stereocenters. The molecule has 0 heterocycles. The minimum absolute atomic E-state index is 0.349. The van der Waals surface area contributed by atoms with Crippen molar-refractivity contribution in [2.24, 2.45) is 0 Å². The Hall–Kier alpha value is -2.03. The van der Waals surface area contributed by atoms with E-state index in [1.54, 1.807) is 12.1 Å². The monoisotopic (exact) mass is 206 g/mol. The van der Waals surface area contributed by atoms with Gasteiger partial charge in [-0.05, 0) is 18.1 Å². The summed E-state index contributed by atoms with van der Waals surface area (Å²) in [4.78, 5) is 9.25. The SMILES string of the molecule is C=CC(=O)O.C=CCc1ccccc1O. The molecule has 0 saturated heterocycles. The van der Waals surface area contributed by atoms with E-state index >= 15 is 0 Å². The molecule has 0 fully saturated rings. The summed E-state index contributed by atoms with van der Waals surface area (Å²) in [6, 6.07) is 7.27. The summed E-state index contributed by atoms with van der Waals surface area (Å²) in [6.45, 7) is 6.55. The van der Waals surface area contributed by atoms with Gasteiger partial charge in [0, 0.05) is 6.08 Å². The fraction of sp³-hybridized carbons (Fsp3) is 0.0833. The summed E-state index contributed by atoms with van der Waals surface area (Å²) in [6.07, 6.45) is 3.34. The van der Waals surface area contributed by atoms with Gasteiger partial charge in [0.15, 0.2) is 0 Å². The molecule has 0 bridgehead atoms. The number of aliphatic carboxylic acids is 1. The lowest BCUT2D eigenvalue weighted by Gasteiger charge is -1.97. The van der Waals surface area contributed by atoms with Crippen LogP contribution in [0.5, 0.6) is 5.75 Å². The molecule has 0 radical (unpaired) electrons. The lowest BCUT2D eigenvalue weighted by atomic mass is 10.1. The third kappa shape index (κ3) is 6.10. The Bertz CT molecular complexity index is 342. The number of carbonyl (C=O) groups is 1. The van der Waals surface area contributed by atoms with E-state index in [9.17, 15) is 9.90 Å². The summed E-state index contributed by atoms with van der Waals surface area (Å²) < 4.78 is 0. The highest BCUT2D eigenvalue weighted by Crippen LogP contribution is 2.15. The van der Waals surface area contributed by atoms with E-state index in [0.29, 0.717) is 5.75 Å². The Labute approximate surface area is 89.0 Å². The Balaban J connectivity index is 0.000000336. The number of carboxylic acid groups (broad SMARTS) is 1. The number of para-hydroxylation sites is 1. The van der Waals surface area contributed by atoms with Crippen LogP contribution in [0.15, 0.2) is 49.6 Å². The van der Waals surface area contributed by atoms with E-state index in [4.69, 9.17) is 5.11 Å². The lowest BCUT2D eigenvalue weighted by Crippen LogP contribution is -1.82. The van der Waals surface area contributed by atoms with Crippen LogP contribution in [-0.4, -0.2) is 16.2 Å². The van der Waals surface area contributed by atoms with Crippen LogP contribution in [0.2, 0.25) is 0 Å². The second kappa shape index (κ2) is 7.38. The molecular formula is C12H14O3. The first kappa shape index (κ1) is 13.0. The van der Waals surface area contributed by atoms with E-state index in [-0.39, 0.29) is 0 Å². The maximum Gasteiger partial charge on any atom is 0.327 e. The summed E-state index contributed by atoms with van der Waals surface area (Å²) in [5.41, 5.74) is 0.928. The molecule has 2 N–H and O–H groups in total. The molecule has 0 aliphatic carbocycles. The first-order valence-corrected chi connectivity index (χ1v) is 4.35. The van der Waals surface area contributed by atoms with Gasteiger partial charge in [0.25, 0.3) is 0 Å². The van der Waals surface area contributed by atoms with Gasteiger partial charge in [-0.2, -0.15) is 0 Å². The van der Waals surface area contributed by atoms with Gasteiger partial charge in [0.05, 0.1) is 0 Å². The number of hydrogen-bond donors (Lipinski definition) is 2. The van der Waals surface area contributed by atoms with Crippen molar-refractivity contribution in [3.05, 3.63) is 55.1 Å². The van der Waals surface area contributed by atoms with Gasteiger partial charge in [0.1, 0.15) is 5.75 Å². The zero-order valence-electron chi connectivity index (χ0n) is 8.39. The number of carboxylic acids is 1. The average Bonchev–Trinajstić information content (AvgIpc) is 2.23. The van der Waals surface area contributed by atoms with Gasteiger partial charge in [-0.1, -0.05) is 30.9 Å². The van der Waals surface area contributed by atoms with E-state index < -0.39 is 5.97 Å². The Morgan fingerprint density at radius 1 is 1.33 bits per heavy atom. The molecule has 0 aliphatic rings. The van der Waals surface area contributed by atoms with Crippen LogP contribution in [0.3, 0.4) is 0 Å². The molecule has 15 heavy (non-hydrogen) atoms. The third-order valence-electron chi connectivity index (χ3n) is 1.53. The number of hydrogen-bond acceptors (Lipinski definition) is 2. The van der Waals surface area contributed by atoms with E-state index in [2.05, 4.69) is 13.2 Å². The summed E-state index contributed by atoms with van der Waals surface area (Å²) >= 11 is 0. The second-order valence-corrected chi connectivity index (χ2v) is 2.66. The van der Waals surface area contributed by atoms with Crippen molar-refractivity contribution in [2.75, 3.05) is 0 Å². The predicted molar refractivity (Wildman–Crippen MR) is 59.8 cm³/mol.